The van der Waals surface area contributed by atoms with Gasteiger partial charge in [-0.05, 0) is 18.2 Å². The van der Waals surface area contributed by atoms with Gasteiger partial charge >= 0.3 is 0 Å². The summed E-state index contributed by atoms with van der Waals surface area (Å²) in [4.78, 5) is 36.4. The number of hydrogen-bond acceptors (Lipinski definition) is 4. The molecule has 19 heavy (non-hydrogen) atoms. The molecule has 3 rings (SSSR count). The highest BCUT2D eigenvalue weighted by Crippen LogP contribution is 2.25. The number of nitrogens with one attached hydrogen (secondary N) is 2. The van der Waals surface area contributed by atoms with Crippen LogP contribution in [-0.2, 0) is 4.79 Å². The second kappa shape index (κ2) is 4.17. The minimum absolute atomic E-state index is 0.0201. The van der Waals surface area contributed by atoms with Crippen LogP contribution in [0.5, 0.6) is 0 Å². The van der Waals surface area contributed by atoms with Crippen LogP contribution in [0.15, 0.2) is 18.2 Å². The first kappa shape index (κ1) is 11.9. The van der Waals surface area contributed by atoms with Crippen LogP contribution in [0.3, 0.4) is 0 Å². The van der Waals surface area contributed by atoms with Crippen molar-refractivity contribution in [3.05, 3.63) is 29.3 Å². The number of carbonyl (C=O) groups excluding carboxylic acids is 3. The lowest BCUT2D eigenvalue weighted by Gasteiger charge is -2.25. The van der Waals surface area contributed by atoms with Crippen LogP contribution >= 0.6 is 0 Å². The van der Waals surface area contributed by atoms with Gasteiger partial charge in [-0.15, -0.1) is 0 Å². The van der Waals surface area contributed by atoms with E-state index in [1.807, 2.05) is 0 Å². The zero-order valence-corrected chi connectivity index (χ0v) is 10.4. The van der Waals surface area contributed by atoms with E-state index in [-0.39, 0.29) is 23.6 Å². The van der Waals surface area contributed by atoms with Crippen molar-refractivity contribution in [2.45, 2.75) is 0 Å². The van der Waals surface area contributed by atoms with Crippen molar-refractivity contribution in [2.24, 2.45) is 5.92 Å². The van der Waals surface area contributed by atoms with E-state index in [2.05, 4.69) is 10.6 Å². The molecular formula is C13H13N3O3. The molecule has 0 aromatic heterocycles. The average molecular weight is 259 g/mol. The highest BCUT2D eigenvalue weighted by atomic mass is 16.2. The Morgan fingerprint density at radius 3 is 2.58 bits per heavy atom. The lowest BCUT2D eigenvalue weighted by atomic mass is 10.0. The monoisotopic (exact) mass is 259 g/mol. The van der Waals surface area contributed by atoms with E-state index in [9.17, 15) is 14.4 Å². The van der Waals surface area contributed by atoms with Crippen molar-refractivity contribution in [1.29, 1.82) is 0 Å². The lowest BCUT2D eigenvalue weighted by molar-refractivity contribution is -0.121. The Morgan fingerprint density at radius 1 is 1.26 bits per heavy atom. The molecule has 0 spiro atoms. The second-order valence-corrected chi connectivity index (χ2v) is 4.77. The van der Waals surface area contributed by atoms with Gasteiger partial charge in [-0.1, -0.05) is 0 Å². The highest BCUT2D eigenvalue weighted by Gasteiger charge is 2.33. The van der Waals surface area contributed by atoms with E-state index in [1.165, 1.54) is 7.05 Å². The quantitative estimate of drug-likeness (QED) is 0.737. The van der Waals surface area contributed by atoms with E-state index < -0.39 is 0 Å². The molecule has 1 fully saturated rings. The normalized spacial score (nSPS) is 18.3. The van der Waals surface area contributed by atoms with Gasteiger partial charge in [0.2, 0.25) is 5.91 Å². The van der Waals surface area contributed by atoms with Crippen LogP contribution in [0.1, 0.15) is 20.7 Å². The number of benzene rings is 1. The number of fused-ring (bicyclic) bond motifs is 1. The van der Waals surface area contributed by atoms with Crippen LogP contribution in [0, 0.1) is 5.92 Å². The summed E-state index contributed by atoms with van der Waals surface area (Å²) >= 11 is 0. The molecule has 6 heteroatoms. The number of rotatable bonds is 2. The second-order valence-electron chi connectivity index (χ2n) is 4.77. The minimum Gasteiger partial charge on any atom is -0.326 e. The maximum atomic E-state index is 11.8. The predicted octanol–water partition coefficient (Wildman–Crippen LogP) is 0.0703. The Morgan fingerprint density at radius 2 is 1.95 bits per heavy atom. The maximum Gasteiger partial charge on any atom is 0.261 e. The number of nitrogens with zero attached hydrogens (tertiary/aromatic N) is 1. The molecule has 2 N–H and O–H groups in total. The van der Waals surface area contributed by atoms with Gasteiger partial charge in [0.15, 0.2) is 0 Å². The Bertz CT molecular complexity index is 593. The van der Waals surface area contributed by atoms with E-state index in [1.54, 1.807) is 18.2 Å². The van der Waals surface area contributed by atoms with E-state index >= 15 is 0 Å². The molecule has 98 valence electrons. The molecule has 6 nitrogen and oxygen atoms in total. The van der Waals surface area contributed by atoms with Crippen LogP contribution in [0.25, 0.3) is 0 Å². The van der Waals surface area contributed by atoms with Gasteiger partial charge in [-0.25, -0.2) is 0 Å². The highest BCUT2D eigenvalue weighted by molar-refractivity contribution is 6.21. The molecule has 0 aliphatic carbocycles. The van der Waals surface area contributed by atoms with Crippen molar-refractivity contribution in [3.8, 4) is 0 Å². The fourth-order valence-corrected chi connectivity index (χ4v) is 2.16. The Kier molecular flexibility index (Phi) is 2.60. The van der Waals surface area contributed by atoms with Gasteiger partial charge in [0, 0.05) is 25.8 Å². The van der Waals surface area contributed by atoms with E-state index in [0.717, 1.165) is 4.90 Å². The molecule has 0 radical (unpaired) electrons. The molecule has 1 aromatic rings. The zero-order valence-electron chi connectivity index (χ0n) is 10.4. The molecule has 1 aromatic carbocycles. The van der Waals surface area contributed by atoms with Gasteiger partial charge in [-0.2, -0.15) is 0 Å². The van der Waals surface area contributed by atoms with Crippen LogP contribution in [0.2, 0.25) is 0 Å². The summed E-state index contributed by atoms with van der Waals surface area (Å²) in [6.45, 7) is 1.36. The summed E-state index contributed by atoms with van der Waals surface area (Å²) in [6.07, 6.45) is 0. The third-order valence-corrected chi connectivity index (χ3v) is 3.51. The van der Waals surface area contributed by atoms with Crippen molar-refractivity contribution in [1.82, 2.24) is 10.2 Å². The molecule has 2 aliphatic rings. The molecule has 2 aliphatic heterocycles. The van der Waals surface area contributed by atoms with Gasteiger partial charge in [-0.3, -0.25) is 19.3 Å². The molecule has 0 unspecified atom stereocenters. The molecule has 0 atom stereocenters. The fourth-order valence-electron chi connectivity index (χ4n) is 2.16. The summed E-state index contributed by atoms with van der Waals surface area (Å²) in [5.74, 6) is -0.723. The van der Waals surface area contributed by atoms with Crippen molar-refractivity contribution >= 4 is 23.4 Å². The average Bonchev–Trinajstić information content (AvgIpc) is 2.52. The predicted molar refractivity (Wildman–Crippen MR) is 67.9 cm³/mol. The topological polar surface area (TPSA) is 78.5 Å². The summed E-state index contributed by atoms with van der Waals surface area (Å²) in [7, 11) is 1.45. The lowest BCUT2D eigenvalue weighted by Crippen LogP contribution is -2.48. The van der Waals surface area contributed by atoms with Crippen molar-refractivity contribution in [2.75, 3.05) is 25.5 Å². The first-order chi connectivity index (χ1) is 9.08. The van der Waals surface area contributed by atoms with Gasteiger partial charge < -0.3 is 10.6 Å². The maximum absolute atomic E-state index is 11.8. The van der Waals surface area contributed by atoms with Crippen LogP contribution in [0.4, 0.5) is 5.69 Å². The molecule has 2 heterocycles. The standard InChI is InChI=1S/C13H13N3O3/c1-16-12(18)9-3-2-8(4-10(9)13(16)19)15-11(17)7-5-14-6-7/h2-4,7,14H,5-6H2,1H3,(H,15,17). The number of hydrogen-bond donors (Lipinski definition) is 2. The summed E-state index contributed by atoms with van der Waals surface area (Å²) in [5, 5.41) is 5.78. The van der Waals surface area contributed by atoms with Crippen molar-refractivity contribution < 1.29 is 14.4 Å². The fraction of sp³-hybridized carbons (Fsp3) is 0.308. The largest absolute Gasteiger partial charge is 0.326 e. The Hall–Kier alpha value is -2.21. The molecule has 0 bridgehead atoms. The summed E-state index contributed by atoms with van der Waals surface area (Å²) in [6, 6.07) is 4.78. The van der Waals surface area contributed by atoms with E-state index in [0.29, 0.717) is 29.9 Å². The summed E-state index contributed by atoms with van der Waals surface area (Å²) in [5.41, 5.74) is 1.28. The molecule has 3 amide bonds. The Balaban J connectivity index is 1.84. The SMILES string of the molecule is CN1C(=O)c2ccc(NC(=O)C3CNC3)cc2C1=O. The first-order valence-electron chi connectivity index (χ1n) is 6.06. The molecule has 0 saturated carbocycles. The first-order valence-corrected chi connectivity index (χ1v) is 6.06. The van der Waals surface area contributed by atoms with Gasteiger partial charge in [0.25, 0.3) is 11.8 Å². The summed E-state index contributed by atoms with van der Waals surface area (Å²) < 4.78 is 0. The molecular weight excluding hydrogens is 246 g/mol. The minimum atomic E-state index is -0.332. The number of anilines is 1. The van der Waals surface area contributed by atoms with E-state index in [4.69, 9.17) is 0 Å². The third-order valence-electron chi connectivity index (χ3n) is 3.51. The van der Waals surface area contributed by atoms with Crippen LogP contribution in [-0.4, -0.2) is 42.8 Å². The molecule has 1 saturated heterocycles. The van der Waals surface area contributed by atoms with Crippen molar-refractivity contribution in [3.63, 3.8) is 0 Å². The van der Waals surface area contributed by atoms with Gasteiger partial charge in [0.1, 0.15) is 0 Å². The van der Waals surface area contributed by atoms with Crippen LogP contribution < -0.4 is 10.6 Å². The zero-order chi connectivity index (χ0) is 13.6. The number of imide groups is 1. The third kappa shape index (κ3) is 1.80. The Labute approximate surface area is 109 Å². The van der Waals surface area contributed by atoms with Gasteiger partial charge in [0.05, 0.1) is 17.0 Å². The smallest absolute Gasteiger partial charge is 0.261 e. The number of amides is 3. The number of carbonyl (C=O) groups is 3.